The first kappa shape index (κ1) is 22.6. The average molecular weight is 474 g/mol. The number of hydrogen-bond donors (Lipinski definition) is 1. The Labute approximate surface area is 192 Å². The molecule has 33 heavy (non-hydrogen) atoms. The number of hydroxylamine groups is 2. The number of carbonyl (C=O) groups is 2. The number of pyridine rings is 1. The predicted octanol–water partition coefficient (Wildman–Crippen LogP) is 4.19. The minimum Gasteiger partial charge on any atom is -0.321 e. The van der Waals surface area contributed by atoms with E-state index in [9.17, 15) is 23.2 Å². The molecular formula is C23H18ClF2N3O4. The summed E-state index contributed by atoms with van der Waals surface area (Å²) >= 11 is 6.19. The average Bonchev–Trinajstić information content (AvgIpc) is 3.62. The molecule has 0 bridgehead atoms. The van der Waals surface area contributed by atoms with E-state index in [1.54, 1.807) is 0 Å². The number of rotatable bonds is 6. The van der Waals surface area contributed by atoms with Crippen LogP contribution in [0, 0.1) is 11.6 Å². The lowest BCUT2D eigenvalue weighted by Gasteiger charge is -2.19. The number of hydrogen-bond acceptors (Lipinski definition) is 4. The largest absolute Gasteiger partial charge is 0.321 e. The molecule has 0 unspecified atom stereocenters. The first-order valence-corrected chi connectivity index (χ1v) is 10.3. The lowest BCUT2D eigenvalue weighted by molar-refractivity contribution is -0.101. The van der Waals surface area contributed by atoms with Gasteiger partial charge in [-0.15, -0.1) is 0 Å². The molecule has 7 nitrogen and oxygen atoms in total. The Balaban J connectivity index is 1.63. The third-order valence-corrected chi connectivity index (χ3v) is 5.42. The fourth-order valence-corrected chi connectivity index (χ4v) is 3.46. The number of carbonyl (C=O) groups excluding carboxylic acids is 2. The third-order valence-electron chi connectivity index (χ3n) is 5.09. The van der Waals surface area contributed by atoms with E-state index in [1.807, 2.05) is 0 Å². The molecule has 1 aliphatic carbocycles. The standard InChI is InChI=1S/C23H18ClF2N3O4/c1-33-29(15-7-8-15)23(32)13-5-9-16(24)19(11-13)27-22(31)14-6-10-20(30)28(12-14)21-17(25)3-2-4-18(21)26/h2-6,9-12,15H,7-8H2,1H3,(H,27,31). The summed E-state index contributed by atoms with van der Waals surface area (Å²) in [5.41, 5.74) is -0.971. The van der Waals surface area contributed by atoms with E-state index in [-0.39, 0.29) is 33.8 Å². The van der Waals surface area contributed by atoms with Gasteiger partial charge in [0, 0.05) is 17.8 Å². The zero-order valence-corrected chi connectivity index (χ0v) is 18.1. The highest BCUT2D eigenvalue weighted by atomic mass is 35.5. The number of para-hydroxylation sites is 1. The van der Waals surface area contributed by atoms with Crippen LogP contribution in [0.3, 0.4) is 0 Å². The predicted molar refractivity (Wildman–Crippen MR) is 118 cm³/mol. The minimum atomic E-state index is -0.956. The minimum absolute atomic E-state index is 0.0102. The highest BCUT2D eigenvalue weighted by molar-refractivity contribution is 6.34. The van der Waals surface area contributed by atoms with Crippen molar-refractivity contribution in [3.63, 3.8) is 0 Å². The highest BCUT2D eigenvalue weighted by Crippen LogP contribution is 2.30. The molecule has 1 heterocycles. The fourth-order valence-electron chi connectivity index (χ4n) is 3.30. The maximum absolute atomic E-state index is 14.2. The zero-order valence-electron chi connectivity index (χ0n) is 17.3. The molecule has 2 amide bonds. The molecule has 0 aliphatic heterocycles. The van der Waals surface area contributed by atoms with Crippen LogP contribution in [0.5, 0.6) is 0 Å². The Morgan fingerprint density at radius 3 is 2.39 bits per heavy atom. The molecule has 0 atom stereocenters. The van der Waals surface area contributed by atoms with Crippen LogP contribution in [0.1, 0.15) is 33.6 Å². The molecule has 1 saturated carbocycles. The van der Waals surface area contributed by atoms with Gasteiger partial charge in [-0.05, 0) is 49.2 Å². The summed E-state index contributed by atoms with van der Waals surface area (Å²) in [6.07, 6.45) is 2.71. The number of benzene rings is 2. The van der Waals surface area contributed by atoms with Gasteiger partial charge in [-0.25, -0.2) is 13.8 Å². The Hall–Kier alpha value is -3.56. The summed E-state index contributed by atoms with van der Waals surface area (Å²) in [5, 5.41) is 4.01. The van der Waals surface area contributed by atoms with Crippen LogP contribution in [0.25, 0.3) is 5.69 Å². The van der Waals surface area contributed by atoms with E-state index in [4.69, 9.17) is 16.4 Å². The third kappa shape index (κ3) is 4.64. The molecule has 1 aliphatic rings. The quantitative estimate of drug-likeness (QED) is 0.544. The molecule has 0 radical (unpaired) electrons. The van der Waals surface area contributed by atoms with Crippen molar-refractivity contribution in [3.8, 4) is 5.69 Å². The van der Waals surface area contributed by atoms with Crippen molar-refractivity contribution in [3.05, 3.63) is 92.9 Å². The molecule has 10 heteroatoms. The number of nitrogens with one attached hydrogen (secondary N) is 1. The summed E-state index contributed by atoms with van der Waals surface area (Å²) in [6, 6.07) is 9.80. The first-order chi connectivity index (χ1) is 15.8. The lowest BCUT2D eigenvalue weighted by atomic mass is 10.1. The van der Waals surface area contributed by atoms with Crippen LogP contribution in [-0.4, -0.2) is 34.6 Å². The summed E-state index contributed by atoms with van der Waals surface area (Å²) < 4.78 is 29.0. The molecule has 170 valence electrons. The van der Waals surface area contributed by atoms with Crippen molar-refractivity contribution in [1.29, 1.82) is 0 Å². The Kier molecular flexibility index (Phi) is 6.26. The van der Waals surface area contributed by atoms with Gasteiger partial charge in [-0.1, -0.05) is 17.7 Å². The van der Waals surface area contributed by atoms with Gasteiger partial charge in [0.15, 0.2) is 0 Å². The van der Waals surface area contributed by atoms with Gasteiger partial charge in [0.2, 0.25) is 0 Å². The van der Waals surface area contributed by atoms with Gasteiger partial charge in [-0.3, -0.25) is 23.8 Å². The molecule has 0 spiro atoms. The first-order valence-electron chi connectivity index (χ1n) is 9.96. The summed E-state index contributed by atoms with van der Waals surface area (Å²) in [7, 11) is 1.40. The van der Waals surface area contributed by atoms with Crippen molar-refractivity contribution in [2.24, 2.45) is 0 Å². The van der Waals surface area contributed by atoms with Crippen LogP contribution >= 0.6 is 11.6 Å². The van der Waals surface area contributed by atoms with Gasteiger partial charge >= 0.3 is 0 Å². The zero-order chi connectivity index (χ0) is 23.7. The van der Waals surface area contributed by atoms with E-state index < -0.39 is 28.8 Å². The van der Waals surface area contributed by atoms with Crippen molar-refractivity contribution in [1.82, 2.24) is 9.63 Å². The fraction of sp³-hybridized carbons (Fsp3) is 0.174. The molecule has 1 aromatic heterocycles. The van der Waals surface area contributed by atoms with Crippen LogP contribution in [0.4, 0.5) is 14.5 Å². The van der Waals surface area contributed by atoms with Gasteiger partial charge < -0.3 is 5.32 Å². The van der Waals surface area contributed by atoms with E-state index >= 15 is 0 Å². The number of amides is 2. The van der Waals surface area contributed by atoms with E-state index in [0.717, 1.165) is 37.2 Å². The maximum atomic E-state index is 14.2. The van der Waals surface area contributed by atoms with Gasteiger partial charge in [0.25, 0.3) is 17.4 Å². The number of anilines is 1. The highest BCUT2D eigenvalue weighted by Gasteiger charge is 2.34. The monoisotopic (exact) mass is 473 g/mol. The molecular weight excluding hydrogens is 456 g/mol. The smallest absolute Gasteiger partial charge is 0.277 e. The second-order valence-corrected chi connectivity index (χ2v) is 7.80. The number of nitrogens with zero attached hydrogens (tertiary/aromatic N) is 2. The van der Waals surface area contributed by atoms with Crippen molar-refractivity contribution < 1.29 is 23.2 Å². The van der Waals surface area contributed by atoms with E-state index in [0.29, 0.717) is 4.57 Å². The topological polar surface area (TPSA) is 80.6 Å². The normalized spacial score (nSPS) is 13.0. The van der Waals surface area contributed by atoms with Crippen molar-refractivity contribution in [2.45, 2.75) is 18.9 Å². The second kappa shape index (κ2) is 9.13. The Bertz CT molecular complexity index is 1290. The van der Waals surface area contributed by atoms with Crippen molar-refractivity contribution >= 4 is 29.1 Å². The maximum Gasteiger partial charge on any atom is 0.277 e. The van der Waals surface area contributed by atoms with Crippen LogP contribution in [-0.2, 0) is 4.84 Å². The van der Waals surface area contributed by atoms with Gasteiger partial charge in [-0.2, -0.15) is 0 Å². The van der Waals surface area contributed by atoms with Crippen LogP contribution in [0.2, 0.25) is 5.02 Å². The molecule has 4 rings (SSSR count). The summed E-state index contributed by atoms with van der Waals surface area (Å²) in [4.78, 5) is 42.9. The Morgan fingerprint density at radius 1 is 1.09 bits per heavy atom. The van der Waals surface area contributed by atoms with E-state index in [1.165, 1.54) is 42.5 Å². The summed E-state index contributed by atoms with van der Waals surface area (Å²) in [6.45, 7) is 0. The molecule has 0 saturated heterocycles. The van der Waals surface area contributed by atoms with Gasteiger partial charge in [0.1, 0.15) is 17.3 Å². The lowest BCUT2D eigenvalue weighted by Crippen LogP contribution is -2.32. The molecule has 1 N–H and O–H groups in total. The number of aromatic nitrogens is 1. The number of halogens is 3. The summed E-state index contributed by atoms with van der Waals surface area (Å²) in [5.74, 6) is -2.99. The molecule has 2 aromatic carbocycles. The van der Waals surface area contributed by atoms with E-state index in [2.05, 4.69) is 5.32 Å². The molecule has 1 fully saturated rings. The van der Waals surface area contributed by atoms with Crippen LogP contribution < -0.4 is 10.9 Å². The second-order valence-electron chi connectivity index (χ2n) is 7.39. The molecule has 3 aromatic rings. The van der Waals surface area contributed by atoms with Gasteiger partial charge in [0.05, 0.1) is 29.4 Å². The Morgan fingerprint density at radius 2 is 1.76 bits per heavy atom. The van der Waals surface area contributed by atoms with Crippen LogP contribution in [0.15, 0.2) is 59.5 Å². The SMILES string of the molecule is CON(C(=O)c1ccc(Cl)c(NC(=O)c2ccc(=O)n(-c3c(F)cccc3F)c2)c1)C1CC1. The van der Waals surface area contributed by atoms with Crippen molar-refractivity contribution in [2.75, 3.05) is 12.4 Å².